The van der Waals surface area contributed by atoms with E-state index in [1.165, 1.54) is 10.8 Å². The van der Waals surface area contributed by atoms with Crippen molar-refractivity contribution >= 4 is 28.7 Å². The minimum absolute atomic E-state index is 0.0434. The van der Waals surface area contributed by atoms with Gasteiger partial charge in [0.05, 0.1) is 10.9 Å². The molecule has 2 heterocycles. The Labute approximate surface area is 201 Å². The van der Waals surface area contributed by atoms with E-state index < -0.39 is 40.3 Å². The van der Waals surface area contributed by atoms with Crippen LogP contribution in [0.15, 0.2) is 17.1 Å². The topological polar surface area (TPSA) is 101 Å². The highest BCUT2D eigenvalue weighted by atomic mass is 19.1. The first-order valence-corrected chi connectivity index (χ1v) is 11.9. The fourth-order valence-electron chi connectivity index (χ4n) is 4.69. The van der Waals surface area contributed by atoms with Gasteiger partial charge in [-0.25, -0.2) is 18.4 Å². The van der Waals surface area contributed by atoms with Crippen LogP contribution in [0.3, 0.4) is 0 Å². The SMILES string of the molecule is CC(CNC(=O)OC(C)(C)C)C1CCN(c2c(F)cc3c(=O)c(C(=O)O)cn(C4CC4)c3c2F)C1. The summed E-state index contributed by atoms with van der Waals surface area (Å²) in [5, 5.41) is 11.9. The maximum atomic E-state index is 15.8. The quantitative estimate of drug-likeness (QED) is 0.625. The second-order valence-electron chi connectivity index (χ2n) is 10.6. The van der Waals surface area contributed by atoms with Crippen molar-refractivity contribution in [2.45, 2.75) is 58.6 Å². The van der Waals surface area contributed by atoms with Gasteiger partial charge in [-0.1, -0.05) is 6.92 Å². The number of alkyl carbamates (subject to hydrolysis) is 1. The third-order valence-electron chi connectivity index (χ3n) is 6.67. The van der Waals surface area contributed by atoms with Crippen LogP contribution < -0.4 is 15.6 Å². The molecule has 2 atom stereocenters. The minimum Gasteiger partial charge on any atom is -0.477 e. The van der Waals surface area contributed by atoms with Crippen molar-refractivity contribution in [3.63, 3.8) is 0 Å². The Balaban J connectivity index is 1.58. The van der Waals surface area contributed by atoms with Crippen molar-refractivity contribution in [2.24, 2.45) is 11.8 Å². The Bertz CT molecular complexity index is 1230. The minimum atomic E-state index is -1.42. The molecule has 2 N–H and O–H groups in total. The molecule has 0 radical (unpaired) electrons. The van der Waals surface area contributed by atoms with Crippen LogP contribution in [0.25, 0.3) is 10.9 Å². The number of nitrogens with one attached hydrogen (secondary N) is 1. The van der Waals surface area contributed by atoms with Gasteiger partial charge < -0.3 is 24.6 Å². The number of rotatable bonds is 6. The van der Waals surface area contributed by atoms with Crippen molar-refractivity contribution in [2.75, 3.05) is 24.5 Å². The van der Waals surface area contributed by atoms with Gasteiger partial charge in [-0.15, -0.1) is 0 Å². The fourth-order valence-corrected chi connectivity index (χ4v) is 4.69. The zero-order valence-electron chi connectivity index (χ0n) is 20.4. The largest absolute Gasteiger partial charge is 0.477 e. The fraction of sp³-hybridized carbons (Fsp3) is 0.560. The maximum absolute atomic E-state index is 15.8. The molecule has 1 saturated heterocycles. The van der Waals surface area contributed by atoms with Gasteiger partial charge in [0.2, 0.25) is 5.43 Å². The van der Waals surface area contributed by atoms with E-state index in [9.17, 15) is 19.5 Å². The normalized spacial score (nSPS) is 19.1. The Morgan fingerprint density at radius 2 is 1.94 bits per heavy atom. The molecule has 1 aromatic heterocycles. The number of halogens is 2. The average Bonchev–Trinajstić information content (AvgIpc) is 3.48. The van der Waals surface area contributed by atoms with Gasteiger partial charge in [-0.3, -0.25) is 4.79 Å². The van der Waals surface area contributed by atoms with Crippen molar-refractivity contribution in [3.05, 3.63) is 39.7 Å². The molecule has 2 unspecified atom stereocenters. The first-order valence-electron chi connectivity index (χ1n) is 11.9. The standard InChI is InChI=1S/C25H31F2N3O5/c1-13(10-28-24(34)35-25(2,3)4)14-7-8-29(11-14)21-18(26)9-16-20(19(21)27)30(15-5-6-15)12-17(22(16)31)23(32)33/h9,12-15H,5-8,10-11H2,1-4H3,(H,28,34)(H,32,33). The van der Waals surface area contributed by atoms with E-state index in [2.05, 4.69) is 5.32 Å². The highest BCUT2D eigenvalue weighted by Gasteiger charge is 2.34. The molecule has 1 aliphatic heterocycles. The van der Waals surface area contributed by atoms with E-state index >= 15 is 8.78 Å². The van der Waals surface area contributed by atoms with Crippen LogP contribution in [0.5, 0.6) is 0 Å². The van der Waals surface area contributed by atoms with Crippen LogP contribution in [0, 0.1) is 23.5 Å². The lowest BCUT2D eigenvalue weighted by Gasteiger charge is -2.25. The van der Waals surface area contributed by atoms with Gasteiger partial charge in [0.25, 0.3) is 0 Å². The summed E-state index contributed by atoms with van der Waals surface area (Å²) in [5.74, 6) is -3.04. The number of pyridine rings is 1. The summed E-state index contributed by atoms with van der Waals surface area (Å²) in [6, 6.07) is 0.844. The summed E-state index contributed by atoms with van der Waals surface area (Å²) in [6.45, 7) is 8.49. The molecule has 2 aliphatic rings. The summed E-state index contributed by atoms with van der Waals surface area (Å²) in [6.07, 6.45) is 2.81. The van der Waals surface area contributed by atoms with E-state index in [-0.39, 0.29) is 34.5 Å². The van der Waals surface area contributed by atoms with Gasteiger partial charge in [0.1, 0.15) is 22.7 Å². The molecule has 10 heteroatoms. The number of hydrogen-bond acceptors (Lipinski definition) is 5. The van der Waals surface area contributed by atoms with Crippen LogP contribution >= 0.6 is 0 Å². The highest BCUT2D eigenvalue weighted by molar-refractivity contribution is 5.94. The number of aromatic carboxylic acids is 1. The number of nitrogens with zero attached hydrogens (tertiary/aromatic N) is 2. The molecule has 8 nitrogen and oxygen atoms in total. The summed E-state index contributed by atoms with van der Waals surface area (Å²) < 4.78 is 37.7. The second-order valence-corrected chi connectivity index (χ2v) is 10.6. The highest BCUT2D eigenvalue weighted by Crippen LogP contribution is 2.40. The van der Waals surface area contributed by atoms with Gasteiger partial charge >= 0.3 is 12.1 Å². The van der Waals surface area contributed by atoms with Crippen molar-refractivity contribution in [1.29, 1.82) is 0 Å². The number of aromatic nitrogens is 1. The monoisotopic (exact) mass is 491 g/mol. The smallest absolute Gasteiger partial charge is 0.407 e. The molecular weight excluding hydrogens is 460 g/mol. The van der Waals surface area contributed by atoms with Gasteiger partial charge in [-0.05, 0) is 57.9 Å². The summed E-state index contributed by atoms with van der Waals surface area (Å²) >= 11 is 0. The Morgan fingerprint density at radius 1 is 1.26 bits per heavy atom. The molecule has 190 valence electrons. The summed E-state index contributed by atoms with van der Waals surface area (Å²) in [7, 11) is 0. The van der Waals surface area contributed by atoms with Crippen molar-refractivity contribution < 1.29 is 28.2 Å². The van der Waals surface area contributed by atoms with Gasteiger partial charge in [0.15, 0.2) is 5.82 Å². The number of benzene rings is 1. The Hall–Kier alpha value is -3.17. The third-order valence-corrected chi connectivity index (χ3v) is 6.67. The number of carboxylic acid groups (broad SMARTS) is 1. The van der Waals surface area contributed by atoms with Crippen molar-refractivity contribution in [3.8, 4) is 0 Å². The molecule has 4 rings (SSSR count). The van der Waals surface area contributed by atoms with Crippen LogP contribution in [-0.2, 0) is 4.74 Å². The van der Waals surface area contributed by atoms with E-state index in [0.29, 0.717) is 26.1 Å². The average molecular weight is 492 g/mol. The molecule has 1 aliphatic carbocycles. The molecule has 1 aromatic carbocycles. The maximum Gasteiger partial charge on any atom is 0.407 e. The number of amides is 1. The molecular formula is C25H31F2N3O5. The number of carbonyl (C=O) groups excluding carboxylic acids is 1. The van der Waals surface area contributed by atoms with Gasteiger partial charge in [0, 0.05) is 31.9 Å². The number of carboxylic acids is 1. The molecule has 0 spiro atoms. The predicted molar refractivity (Wildman–Crippen MR) is 127 cm³/mol. The molecule has 0 bridgehead atoms. The number of fused-ring (bicyclic) bond motifs is 1. The molecule has 2 fully saturated rings. The molecule has 2 aromatic rings. The van der Waals surface area contributed by atoms with Crippen LogP contribution in [0.1, 0.15) is 63.4 Å². The predicted octanol–water partition coefficient (Wildman–Crippen LogP) is 4.30. The Morgan fingerprint density at radius 3 is 2.54 bits per heavy atom. The number of ether oxygens (including phenoxy) is 1. The lowest BCUT2D eigenvalue weighted by molar-refractivity contribution is 0.0515. The lowest BCUT2D eigenvalue weighted by Crippen LogP contribution is -2.36. The molecule has 35 heavy (non-hydrogen) atoms. The second kappa shape index (κ2) is 9.13. The first kappa shape index (κ1) is 24.9. The van der Waals surface area contributed by atoms with E-state index in [1.54, 1.807) is 25.7 Å². The first-order chi connectivity index (χ1) is 16.4. The van der Waals surface area contributed by atoms with Crippen molar-refractivity contribution in [1.82, 2.24) is 9.88 Å². The molecule has 1 saturated carbocycles. The summed E-state index contributed by atoms with van der Waals surface area (Å²) in [4.78, 5) is 37.8. The van der Waals surface area contributed by atoms with Crippen LogP contribution in [0.4, 0.5) is 19.3 Å². The van der Waals surface area contributed by atoms with Gasteiger partial charge in [-0.2, -0.15) is 0 Å². The lowest BCUT2D eigenvalue weighted by atomic mass is 9.93. The van der Waals surface area contributed by atoms with Crippen LogP contribution in [-0.4, -0.2) is 47.0 Å². The Kier molecular flexibility index (Phi) is 6.50. The van der Waals surface area contributed by atoms with E-state index in [1.807, 2.05) is 6.92 Å². The number of hydrogen-bond donors (Lipinski definition) is 2. The molecule has 1 amide bonds. The van der Waals surface area contributed by atoms with Crippen LogP contribution in [0.2, 0.25) is 0 Å². The number of anilines is 1. The van der Waals surface area contributed by atoms with E-state index in [4.69, 9.17) is 4.74 Å². The zero-order chi connectivity index (χ0) is 25.7. The van der Waals surface area contributed by atoms with E-state index in [0.717, 1.165) is 18.9 Å². The summed E-state index contributed by atoms with van der Waals surface area (Å²) in [5.41, 5.74) is -2.25. The third kappa shape index (κ3) is 5.11. The number of carbonyl (C=O) groups is 2. The zero-order valence-corrected chi connectivity index (χ0v) is 20.4.